The molecule has 8 nitrogen and oxygen atoms in total. The maximum Gasteiger partial charge on any atom is 0.408 e. The maximum atomic E-state index is 12.8. The maximum absolute atomic E-state index is 12.8. The van der Waals surface area contributed by atoms with E-state index in [1.165, 1.54) is 12.1 Å². The van der Waals surface area contributed by atoms with E-state index in [-0.39, 0.29) is 30.2 Å². The molecule has 3 N–H and O–H groups in total. The van der Waals surface area contributed by atoms with Crippen LogP contribution in [0.5, 0.6) is 5.75 Å². The number of hydrogen-bond donors (Lipinski definition) is 3. The van der Waals surface area contributed by atoms with E-state index < -0.39 is 23.7 Å². The zero-order chi connectivity index (χ0) is 25.8. The summed E-state index contributed by atoms with van der Waals surface area (Å²) >= 11 is 0. The van der Waals surface area contributed by atoms with Gasteiger partial charge in [-0.25, -0.2) is 9.59 Å². The third-order valence-electron chi connectivity index (χ3n) is 5.02. The van der Waals surface area contributed by atoms with Crippen molar-refractivity contribution in [3.63, 3.8) is 0 Å². The number of nitrogens with one attached hydrogen (secondary N) is 2. The summed E-state index contributed by atoms with van der Waals surface area (Å²) in [6, 6.07) is 12.7. The first kappa shape index (κ1) is 27.7. The van der Waals surface area contributed by atoms with Crippen LogP contribution >= 0.6 is 0 Å². The van der Waals surface area contributed by atoms with Gasteiger partial charge in [-0.3, -0.25) is 4.79 Å². The molecule has 0 saturated carbocycles. The monoisotopic (exact) mass is 484 g/mol. The zero-order valence-corrected chi connectivity index (χ0v) is 20.9. The number of alkyl carbamates (subject to hydrolysis) is 1. The Kier molecular flexibility index (Phi) is 10.6. The average molecular weight is 485 g/mol. The van der Waals surface area contributed by atoms with Crippen LogP contribution in [0.25, 0.3) is 0 Å². The van der Waals surface area contributed by atoms with Crippen molar-refractivity contribution in [1.29, 1.82) is 0 Å². The van der Waals surface area contributed by atoms with Gasteiger partial charge >= 0.3 is 12.1 Å². The van der Waals surface area contributed by atoms with E-state index in [0.29, 0.717) is 12.1 Å². The third kappa shape index (κ3) is 10.1. The highest BCUT2D eigenvalue weighted by Gasteiger charge is 2.25. The van der Waals surface area contributed by atoms with Gasteiger partial charge in [-0.05, 0) is 50.5 Å². The number of ether oxygens (including phenoxy) is 2. The minimum Gasteiger partial charge on any atom is -0.507 e. The molecule has 1 atom stereocenters. The van der Waals surface area contributed by atoms with Gasteiger partial charge in [-0.2, -0.15) is 0 Å². The molecule has 190 valence electrons. The summed E-state index contributed by atoms with van der Waals surface area (Å²) in [6.07, 6.45) is 2.21. The highest BCUT2D eigenvalue weighted by molar-refractivity contribution is 5.92. The van der Waals surface area contributed by atoms with Crippen LogP contribution in [0.4, 0.5) is 4.79 Å². The zero-order valence-electron chi connectivity index (χ0n) is 20.9. The first-order valence-corrected chi connectivity index (χ1v) is 11.9. The number of aromatic hydroxyl groups is 1. The number of carbonyl (C=O) groups excluding carboxylic acids is 3. The Balaban J connectivity index is 2.13. The topological polar surface area (TPSA) is 114 Å². The van der Waals surface area contributed by atoms with E-state index in [1.807, 2.05) is 30.3 Å². The Labute approximate surface area is 207 Å². The van der Waals surface area contributed by atoms with E-state index in [9.17, 15) is 19.5 Å². The third-order valence-corrected chi connectivity index (χ3v) is 5.02. The molecule has 0 bridgehead atoms. The van der Waals surface area contributed by atoms with E-state index in [0.717, 1.165) is 24.8 Å². The molecule has 35 heavy (non-hydrogen) atoms. The Morgan fingerprint density at radius 2 is 1.71 bits per heavy atom. The molecule has 0 fully saturated rings. The van der Waals surface area contributed by atoms with Gasteiger partial charge in [-0.15, -0.1) is 0 Å². The van der Waals surface area contributed by atoms with Crippen molar-refractivity contribution in [2.75, 3.05) is 6.54 Å². The van der Waals surface area contributed by atoms with Crippen molar-refractivity contribution in [3.8, 4) is 5.75 Å². The number of hydrogen-bond acceptors (Lipinski definition) is 6. The van der Waals surface area contributed by atoms with Crippen LogP contribution in [0.15, 0.2) is 48.5 Å². The molecule has 2 rings (SSSR count). The second-order valence-electron chi connectivity index (χ2n) is 9.31. The summed E-state index contributed by atoms with van der Waals surface area (Å²) in [7, 11) is 0. The lowest BCUT2D eigenvalue weighted by atomic mass is 10.0. The quantitative estimate of drug-likeness (QED) is 0.320. The number of esters is 1. The molecule has 0 saturated heterocycles. The summed E-state index contributed by atoms with van der Waals surface area (Å²) in [4.78, 5) is 37.8. The van der Waals surface area contributed by atoms with E-state index in [1.54, 1.807) is 26.8 Å². The van der Waals surface area contributed by atoms with Crippen molar-refractivity contribution < 1.29 is 29.0 Å². The number of carbonyl (C=O) groups is 3. The molecule has 0 aliphatic rings. The first-order chi connectivity index (χ1) is 16.6. The molecular weight excluding hydrogens is 448 g/mol. The van der Waals surface area contributed by atoms with E-state index in [2.05, 4.69) is 17.6 Å². The summed E-state index contributed by atoms with van der Waals surface area (Å²) in [5.41, 5.74) is 0.648. The largest absolute Gasteiger partial charge is 0.507 e. The summed E-state index contributed by atoms with van der Waals surface area (Å²) < 4.78 is 10.6. The van der Waals surface area contributed by atoms with Crippen LogP contribution in [0.2, 0.25) is 0 Å². The molecule has 0 spiro atoms. The lowest BCUT2D eigenvalue weighted by Gasteiger charge is -2.23. The normalized spacial score (nSPS) is 11.9. The van der Waals surface area contributed by atoms with Gasteiger partial charge in [0, 0.05) is 13.0 Å². The number of phenols is 1. The first-order valence-electron chi connectivity index (χ1n) is 11.9. The van der Waals surface area contributed by atoms with E-state index in [4.69, 9.17) is 9.47 Å². The summed E-state index contributed by atoms with van der Waals surface area (Å²) in [5.74, 6) is -1.27. The minimum absolute atomic E-state index is 0.0159. The SMILES string of the molecule is CCCCCNC(=O)[C@H](Cc1ccc(O)c(C(=O)OCc2ccccc2)c1)NC(=O)OC(C)(C)C. The Bertz CT molecular complexity index is 985. The number of phenolic OH excluding ortho intramolecular Hbond substituents is 1. The van der Waals surface area contributed by atoms with Gasteiger partial charge in [0.2, 0.25) is 5.91 Å². The number of unbranched alkanes of at least 4 members (excludes halogenated alkanes) is 2. The molecule has 0 aromatic heterocycles. The molecule has 0 aliphatic carbocycles. The van der Waals surface area contributed by atoms with E-state index >= 15 is 0 Å². The lowest BCUT2D eigenvalue weighted by molar-refractivity contribution is -0.123. The fourth-order valence-electron chi connectivity index (χ4n) is 3.28. The highest BCUT2D eigenvalue weighted by Crippen LogP contribution is 2.21. The lowest BCUT2D eigenvalue weighted by Crippen LogP contribution is -2.49. The van der Waals surface area contributed by atoms with Crippen LogP contribution in [0, 0.1) is 0 Å². The Morgan fingerprint density at radius 3 is 2.37 bits per heavy atom. The molecule has 0 heterocycles. The molecule has 8 heteroatoms. The summed E-state index contributed by atoms with van der Waals surface area (Å²) in [5, 5.41) is 15.7. The Morgan fingerprint density at radius 1 is 1.00 bits per heavy atom. The fourth-order valence-corrected chi connectivity index (χ4v) is 3.28. The van der Waals surface area contributed by atoms with Gasteiger partial charge < -0.3 is 25.2 Å². The minimum atomic E-state index is -0.927. The predicted molar refractivity (Wildman–Crippen MR) is 133 cm³/mol. The van der Waals surface area contributed by atoms with Crippen molar-refractivity contribution in [2.45, 2.75) is 71.6 Å². The van der Waals surface area contributed by atoms with Crippen LogP contribution in [0.3, 0.4) is 0 Å². The molecule has 2 amide bonds. The molecule has 2 aromatic carbocycles. The fraction of sp³-hybridized carbons (Fsp3) is 0.444. The van der Waals surface area contributed by atoms with Gasteiger partial charge in [0.25, 0.3) is 0 Å². The van der Waals surface area contributed by atoms with Crippen molar-refractivity contribution in [3.05, 3.63) is 65.2 Å². The van der Waals surface area contributed by atoms with Gasteiger partial charge in [-0.1, -0.05) is 56.2 Å². The smallest absolute Gasteiger partial charge is 0.408 e. The van der Waals surface area contributed by atoms with Gasteiger partial charge in [0.1, 0.15) is 29.6 Å². The van der Waals surface area contributed by atoms with Crippen molar-refractivity contribution in [2.24, 2.45) is 0 Å². The highest BCUT2D eigenvalue weighted by atomic mass is 16.6. The second-order valence-corrected chi connectivity index (χ2v) is 9.31. The van der Waals surface area contributed by atoms with Crippen LogP contribution in [-0.4, -0.2) is 41.3 Å². The Hall–Kier alpha value is -3.55. The molecule has 0 radical (unpaired) electrons. The van der Waals surface area contributed by atoms with Gasteiger partial charge in [0.05, 0.1) is 0 Å². The standard InChI is InChI=1S/C27H36N2O6/c1-5-6-10-15-28-24(31)22(29-26(33)35-27(2,3)4)17-20-13-14-23(30)21(16-20)25(32)34-18-19-11-8-7-9-12-19/h7-9,11-14,16,22,30H,5-6,10,15,17-18H2,1-4H3,(H,28,31)(H,29,33)/t22-/m0/s1. The van der Waals surface area contributed by atoms with Crippen molar-refractivity contribution in [1.82, 2.24) is 10.6 Å². The van der Waals surface area contributed by atoms with Gasteiger partial charge in [0.15, 0.2) is 0 Å². The molecule has 0 unspecified atom stereocenters. The van der Waals surface area contributed by atoms with Crippen LogP contribution in [0.1, 0.15) is 68.4 Å². The number of benzene rings is 2. The molecular formula is C27H36N2O6. The average Bonchev–Trinajstić information content (AvgIpc) is 2.80. The van der Waals surface area contributed by atoms with Crippen LogP contribution < -0.4 is 10.6 Å². The summed E-state index contributed by atoms with van der Waals surface area (Å²) in [6.45, 7) is 7.83. The molecule has 2 aromatic rings. The number of amides is 2. The predicted octanol–water partition coefficient (Wildman–Crippen LogP) is 4.49. The van der Waals surface area contributed by atoms with Crippen molar-refractivity contribution >= 4 is 18.0 Å². The molecule has 0 aliphatic heterocycles. The number of rotatable bonds is 11. The second kappa shape index (κ2) is 13.4. The van der Waals surface area contributed by atoms with Crippen LogP contribution in [-0.2, 0) is 27.3 Å².